The molecule has 1 aromatic carbocycles. The lowest BCUT2D eigenvalue weighted by Crippen LogP contribution is -2.42. The summed E-state index contributed by atoms with van der Waals surface area (Å²) < 4.78 is 5.85. The number of aromatic nitrogens is 1. The van der Waals surface area contributed by atoms with Gasteiger partial charge in [-0.25, -0.2) is 4.98 Å². The van der Waals surface area contributed by atoms with Crippen molar-refractivity contribution in [1.29, 1.82) is 0 Å². The highest BCUT2D eigenvalue weighted by molar-refractivity contribution is 5.91. The van der Waals surface area contributed by atoms with Gasteiger partial charge in [0.2, 0.25) is 0 Å². The lowest BCUT2D eigenvalue weighted by molar-refractivity contribution is -0.383. The predicted octanol–water partition coefficient (Wildman–Crippen LogP) is 2.79. The Morgan fingerprint density at radius 3 is 2.81 bits per heavy atom. The summed E-state index contributed by atoms with van der Waals surface area (Å²) in [6, 6.07) is 6.58. The summed E-state index contributed by atoms with van der Waals surface area (Å²) in [5, 5.41) is 11.7. The van der Waals surface area contributed by atoms with Gasteiger partial charge in [-0.1, -0.05) is 12.8 Å². The summed E-state index contributed by atoms with van der Waals surface area (Å²) in [4.78, 5) is 14.7. The molecule has 0 aliphatic heterocycles. The highest BCUT2D eigenvalue weighted by Gasteiger charge is 2.30. The van der Waals surface area contributed by atoms with E-state index >= 15 is 0 Å². The van der Waals surface area contributed by atoms with Crippen LogP contribution in [-0.2, 0) is 0 Å². The molecule has 1 fully saturated rings. The van der Waals surface area contributed by atoms with Gasteiger partial charge in [-0.15, -0.1) is 0 Å². The van der Waals surface area contributed by atoms with Crippen molar-refractivity contribution in [2.45, 2.75) is 31.2 Å². The first-order chi connectivity index (χ1) is 10.1. The first-order valence-corrected chi connectivity index (χ1v) is 7.03. The molecule has 110 valence electrons. The Labute approximate surface area is 122 Å². The highest BCUT2D eigenvalue weighted by atomic mass is 16.6. The molecule has 0 unspecified atom stereocenters. The Balaban J connectivity index is 1.92. The third-order valence-electron chi connectivity index (χ3n) is 4.02. The Morgan fingerprint density at radius 1 is 1.33 bits per heavy atom. The minimum Gasteiger partial charge on any atom is -0.491 e. The number of fused-ring (bicyclic) bond motifs is 1. The van der Waals surface area contributed by atoms with Gasteiger partial charge in [0, 0.05) is 17.6 Å². The van der Waals surface area contributed by atoms with Gasteiger partial charge < -0.3 is 10.5 Å². The average molecular weight is 287 g/mol. The van der Waals surface area contributed by atoms with Crippen LogP contribution < -0.4 is 10.5 Å². The summed E-state index contributed by atoms with van der Waals surface area (Å²) in [7, 11) is 0. The van der Waals surface area contributed by atoms with Gasteiger partial charge in [0.25, 0.3) is 5.69 Å². The molecule has 0 saturated heterocycles. The van der Waals surface area contributed by atoms with Crippen LogP contribution in [0.25, 0.3) is 10.9 Å². The van der Waals surface area contributed by atoms with Crippen molar-refractivity contribution < 1.29 is 9.66 Å². The first-order valence-electron chi connectivity index (χ1n) is 7.03. The van der Waals surface area contributed by atoms with Crippen molar-refractivity contribution >= 4 is 16.6 Å². The number of ether oxygens (including phenoxy) is 1. The van der Waals surface area contributed by atoms with E-state index in [4.69, 9.17) is 10.5 Å². The number of nitro groups is 1. The second-order valence-electron chi connectivity index (χ2n) is 5.60. The molecule has 0 spiro atoms. The van der Waals surface area contributed by atoms with E-state index in [0.717, 1.165) is 25.7 Å². The van der Waals surface area contributed by atoms with E-state index in [1.54, 1.807) is 24.4 Å². The van der Waals surface area contributed by atoms with Gasteiger partial charge in [0.1, 0.15) is 12.4 Å². The minimum atomic E-state index is -0.430. The van der Waals surface area contributed by atoms with Crippen LogP contribution >= 0.6 is 0 Å². The molecule has 6 nitrogen and oxygen atoms in total. The van der Waals surface area contributed by atoms with Crippen LogP contribution in [0.3, 0.4) is 0 Å². The first kappa shape index (κ1) is 13.8. The number of rotatable bonds is 4. The van der Waals surface area contributed by atoms with Crippen LogP contribution in [0.4, 0.5) is 5.69 Å². The molecule has 0 bridgehead atoms. The minimum absolute atomic E-state index is 0.0127. The van der Waals surface area contributed by atoms with Gasteiger partial charge >= 0.3 is 0 Å². The standard InChI is InChI=1S/C15H17N3O3/c16-15(7-1-2-8-15)10-21-13-6-5-12(18(19)20)14-11(13)4-3-9-17-14/h3-6,9H,1-2,7-8,10,16H2. The third kappa shape index (κ3) is 2.67. The largest absolute Gasteiger partial charge is 0.491 e. The van der Waals surface area contributed by atoms with Crippen molar-refractivity contribution in [3.63, 3.8) is 0 Å². The zero-order chi connectivity index (χ0) is 14.9. The molecule has 21 heavy (non-hydrogen) atoms. The molecule has 3 rings (SSSR count). The molecular formula is C15H17N3O3. The maximum atomic E-state index is 11.0. The molecule has 0 atom stereocenters. The molecule has 1 saturated carbocycles. The molecule has 2 N–H and O–H groups in total. The SMILES string of the molecule is NC1(COc2ccc([N+](=O)[O-])c3ncccc23)CCCC1. The van der Waals surface area contributed by atoms with E-state index in [-0.39, 0.29) is 11.2 Å². The molecule has 0 amide bonds. The fourth-order valence-electron chi connectivity index (χ4n) is 2.85. The van der Waals surface area contributed by atoms with Crippen LogP contribution in [0.1, 0.15) is 25.7 Å². The number of pyridine rings is 1. The van der Waals surface area contributed by atoms with Gasteiger partial charge in [0.15, 0.2) is 5.52 Å². The average Bonchev–Trinajstić information content (AvgIpc) is 2.91. The number of nitrogens with two attached hydrogens (primary N) is 1. The van der Waals surface area contributed by atoms with Crippen molar-refractivity contribution in [1.82, 2.24) is 4.98 Å². The van der Waals surface area contributed by atoms with Crippen LogP contribution in [0.2, 0.25) is 0 Å². The summed E-state index contributed by atoms with van der Waals surface area (Å²) in [6.07, 6.45) is 5.71. The van der Waals surface area contributed by atoms with Crippen LogP contribution in [0.15, 0.2) is 30.5 Å². The smallest absolute Gasteiger partial charge is 0.295 e. The van der Waals surface area contributed by atoms with Crippen LogP contribution in [0.5, 0.6) is 5.75 Å². The molecule has 1 aromatic heterocycles. The molecule has 0 radical (unpaired) electrons. The maximum absolute atomic E-state index is 11.0. The second-order valence-corrected chi connectivity index (χ2v) is 5.60. The third-order valence-corrected chi connectivity index (χ3v) is 4.02. The number of nitrogens with zero attached hydrogens (tertiary/aromatic N) is 2. The molecule has 1 aliphatic carbocycles. The van der Waals surface area contributed by atoms with E-state index in [9.17, 15) is 10.1 Å². The topological polar surface area (TPSA) is 91.3 Å². The summed E-state index contributed by atoms with van der Waals surface area (Å²) in [5.74, 6) is 0.598. The fraction of sp³-hybridized carbons (Fsp3) is 0.400. The molecule has 1 aliphatic rings. The van der Waals surface area contributed by atoms with Crippen molar-refractivity contribution in [2.75, 3.05) is 6.61 Å². The molecule has 1 heterocycles. The van der Waals surface area contributed by atoms with Crippen molar-refractivity contribution in [3.05, 3.63) is 40.6 Å². The quantitative estimate of drug-likeness (QED) is 0.689. The van der Waals surface area contributed by atoms with E-state index in [2.05, 4.69) is 4.98 Å². The Hall–Kier alpha value is -2.21. The van der Waals surface area contributed by atoms with Crippen molar-refractivity contribution in [2.24, 2.45) is 5.73 Å². The molecular weight excluding hydrogens is 270 g/mol. The normalized spacial score (nSPS) is 17.0. The van der Waals surface area contributed by atoms with Gasteiger partial charge in [0.05, 0.1) is 10.5 Å². The van der Waals surface area contributed by atoms with E-state index in [1.807, 2.05) is 0 Å². The number of hydrogen-bond acceptors (Lipinski definition) is 5. The number of hydrogen-bond donors (Lipinski definition) is 1. The summed E-state index contributed by atoms with van der Waals surface area (Å²) in [6.45, 7) is 0.425. The molecule has 2 aromatic rings. The van der Waals surface area contributed by atoms with E-state index in [0.29, 0.717) is 23.3 Å². The van der Waals surface area contributed by atoms with Gasteiger partial charge in [-0.3, -0.25) is 10.1 Å². The highest BCUT2D eigenvalue weighted by Crippen LogP contribution is 2.33. The van der Waals surface area contributed by atoms with Crippen molar-refractivity contribution in [3.8, 4) is 5.75 Å². The fourth-order valence-corrected chi connectivity index (χ4v) is 2.85. The molecule has 6 heteroatoms. The lowest BCUT2D eigenvalue weighted by atomic mass is 10.0. The number of benzene rings is 1. The maximum Gasteiger partial charge on any atom is 0.295 e. The predicted molar refractivity (Wildman–Crippen MR) is 79.3 cm³/mol. The lowest BCUT2D eigenvalue weighted by Gasteiger charge is -2.23. The Bertz CT molecular complexity index is 681. The number of nitro benzene ring substituents is 1. The van der Waals surface area contributed by atoms with Gasteiger partial charge in [-0.05, 0) is 31.0 Å². The second kappa shape index (κ2) is 5.29. The zero-order valence-electron chi connectivity index (χ0n) is 11.6. The van der Waals surface area contributed by atoms with Crippen LogP contribution in [-0.4, -0.2) is 22.1 Å². The monoisotopic (exact) mass is 287 g/mol. The zero-order valence-corrected chi connectivity index (χ0v) is 11.6. The Kier molecular flexibility index (Phi) is 3.47. The van der Waals surface area contributed by atoms with Crippen LogP contribution in [0, 0.1) is 10.1 Å². The van der Waals surface area contributed by atoms with E-state index in [1.165, 1.54) is 6.07 Å². The van der Waals surface area contributed by atoms with Gasteiger partial charge in [-0.2, -0.15) is 0 Å². The van der Waals surface area contributed by atoms with E-state index < -0.39 is 4.92 Å². The summed E-state index contributed by atoms with van der Waals surface area (Å²) in [5.41, 5.74) is 6.33. The Morgan fingerprint density at radius 2 is 2.10 bits per heavy atom. The number of non-ortho nitro benzene ring substituents is 1. The summed E-state index contributed by atoms with van der Waals surface area (Å²) >= 11 is 0.